The Kier molecular flexibility index (Phi) is 4.72. The molecule has 1 aromatic rings. The highest BCUT2D eigenvalue weighted by Gasteiger charge is 2.17. The Morgan fingerprint density at radius 2 is 2.36 bits per heavy atom. The van der Waals surface area contributed by atoms with Gasteiger partial charge in [0, 0.05) is 19.0 Å². The van der Waals surface area contributed by atoms with Crippen molar-refractivity contribution in [3.63, 3.8) is 0 Å². The van der Waals surface area contributed by atoms with Gasteiger partial charge >= 0.3 is 0 Å². The molecular weight excluding hydrogens is 241 g/mol. The summed E-state index contributed by atoms with van der Waals surface area (Å²) in [6.07, 6.45) is 0. The monoisotopic (exact) mass is 251 g/mol. The Balaban J connectivity index is 2.78. The molecule has 0 aliphatic carbocycles. The van der Waals surface area contributed by atoms with Crippen LogP contribution in [0.15, 0.2) is 11.4 Å². The predicted molar refractivity (Wildman–Crippen MR) is 61.6 cm³/mol. The van der Waals surface area contributed by atoms with Gasteiger partial charge in [-0.2, -0.15) is 0 Å². The molecule has 78 valence electrons. The first-order valence-corrected chi connectivity index (χ1v) is 6.08. The second kappa shape index (κ2) is 5.59. The van der Waals surface area contributed by atoms with E-state index in [1.165, 1.54) is 11.3 Å². The second-order valence-electron chi connectivity index (χ2n) is 2.67. The Bertz CT molecular complexity index is 314. The van der Waals surface area contributed by atoms with E-state index in [1.807, 2.05) is 12.3 Å². The molecule has 0 aromatic carbocycles. The van der Waals surface area contributed by atoms with Crippen LogP contribution in [0.2, 0.25) is 5.02 Å². The highest BCUT2D eigenvalue weighted by molar-refractivity contribution is 7.12. The first kappa shape index (κ1) is 11.8. The van der Waals surface area contributed by atoms with Crippen LogP contribution in [0.1, 0.15) is 16.6 Å². The molecule has 0 saturated carbocycles. The van der Waals surface area contributed by atoms with Gasteiger partial charge in [-0.25, -0.2) is 0 Å². The summed E-state index contributed by atoms with van der Waals surface area (Å²) in [6.45, 7) is 3.14. The van der Waals surface area contributed by atoms with Crippen LogP contribution in [-0.2, 0) is 0 Å². The molecule has 0 N–H and O–H groups in total. The van der Waals surface area contributed by atoms with E-state index < -0.39 is 0 Å². The van der Waals surface area contributed by atoms with Crippen molar-refractivity contribution in [1.82, 2.24) is 4.90 Å². The molecule has 2 nitrogen and oxygen atoms in total. The lowest BCUT2D eigenvalue weighted by molar-refractivity contribution is 0.0779. The van der Waals surface area contributed by atoms with Crippen LogP contribution in [0.5, 0.6) is 0 Å². The van der Waals surface area contributed by atoms with Gasteiger partial charge in [0.1, 0.15) is 4.88 Å². The molecule has 0 fully saturated rings. The van der Waals surface area contributed by atoms with Gasteiger partial charge in [0.05, 0.1) is 5.02 Å². The number of rotatable bonds is 4. The summed E-state index contributed by atoms with van der Waals surface area (Å²) in [7, 11) is 0. The Morgan fingerprint density at radius 3 is 2.79 bits per heavy atom. The van der Waals surface area contributed by atoms with E-state index >= 15 is 0 Å². The molecule has 0 spiro atoms. The highest BCUT2D eigenvalue weighted by Crippen LogP contribution is 2.23. The third-order valence-electron chi connectivity index (χ3n) is 1.83. The van der Waals surface area contributed by atoms with Crippen molar-refractivity contribution in [1.29, 1.82) is 0 Å². The molecule has 1 rings (SSSR count). The number of nitrogens with zero attached hydrogens (tertiary/aromatic N) is 1. The molecule has 0 saturated heterocycles. The van der Waals surface area contributed by atoms with Crippen molar-refractivity contribution in [3.8, 4) is 0 Å². The number of amides is 1. The fourth-order valence-corrected chi connectivity index (χ4v) is 2.40. The molecular formula is C9H11Cl2NOS. The first-order valence-electron chi connectivity index (χ1n) is 4.29. The number of thiophene rings is 1. The van der Waals surface area contributed by atoms with Crippen molar-refractivity contribution < 1.29 is 4.79 Å². The van der Waals surface area contributed by atoms with E-state index in [-0.39, 0.29) is 5.91 Å². The third kappa shape index (κ3) is 2.62. The fourth-order valence-electron chi connectivity index (χ4n) is 1.10. The van der Waals surface area contributed by atoms with Crippen molar-refractivity contribution in [2.24, 2.45) is 0 Å². The lowest BCUT2D eigenvalue weighted by Crippen LogP contribution is -2.32. The average molecular weight is 252 g/mol. The second-order valence-corrected chi connectivity index (χ2v) is 4.37. The molecule has 1 aromatic heterocycles. The van der Waals surface area contributed by atoms with Gasteiger partial charge in [0.2, 0.25) is 0 Å². The van der Waals surface area contributed by atoms with Gasteiger partial charge in [-0.15, -0.1) is 22.9 Å². The van der Waals surface area contributed by atoms with Crippen LogP contribution in [0.3, 0.4) is 0 Å². The van der Waals surface area contributed by atoms with Gasteiger partial charge in [-0.05, 0) is 18.4 Å². The molecule has 14 heavy (non-hydrogen) atoms. The van der Waals surface area contributed by atoms with Crippen molar-refractivity contribution in [2.45, 2.75) is 6.92 Å². The minimum absolute atomic E-state index is 0.0341. The van der Waals surface area contributed by atoms with E-state index in [0.717, 1.165) is 0 Å². The van der Waals surface area contributed by atoms with Gasteiger partial charge < -0.3 is 4.90 Å². The summed E-state index contributed by atoms with van der Waals surface area (Å²) in [6, 6.07) is 1.73. The van der Waals surface area contributed by atoms with Crippen molar-refractivity contribution in [3.05, 3.63) is 21.3 Å². The third-order valence-corrected chi connectivity index (χ3v) is 3.33. The molecule has 5 heteroatoms. The van der Waals surface area contributed by atoms with E-state index in [2.05, 4.69) is 0 Å². The number of hydrogen-bond donors (Lipinski definition) is 0. The van der Waals surface area contributed by atoms with E-state index in [1.54, 1.807) is 11.0 Å². The minimum atomic E-state index is -0.0341. The van der Waals surface area contributed by atoms with Crippen LogP contribution in [-0.4, -0.2) is 29.8 Å². The standard InChI is InChI=1S/C9H11Cl2NOS/c1-2-12(5-4-10)9(13)8-7(11)3-6-14-8/h3,6H,2,4-5H2,1H3. The summed E-state index contributed by atoms with van der Waals surface area (Å²) < 4.78 is 0. The van der Waals surface area contributed by atoms with Gasteiger partial charge in [-0.3, -0.25) is 4.79 Å². The number of halogens is 2. The van der Waals surface area contributed by atoms with E-state index in [4.69, 9.17) is 23.2 Å². The average Bonchev–Trinajstić information content (AvgIpc) is 2.59. The largest absolute Gasteiger partial charge is 0.337 e. The minimum Gasteiger partial charge on any atom is -0.337 e. The van der Waals surface area contributed by atoms with Gasteiger partial charge in [0.25, 0.3) is 5.91 Å². The van der Waals surface area contributed by atoms with Crippen LogP contribution < -0.4 is 0 Å². The summed E-state index contributed by atoms with van der Waals surface area (Å²) in [5.74, 6) is 0.413. The Hall–Kier alpha value is -0.250. The Labute approximate surface area is 97.4 Å². The normalized spacial score (nSPS) is 10.2. The quantitative estimate of drug-likeness (QED) is 0.754. The summed E-state index contributed by atoms with van der Waals surface area (Å²) >= 11 is 12.8. The number of hydrogen-bond acceptors (Lipinski definition) is 2. The molecule has 1 amide bonds. The molecule has 0 unspecified atom stereocenters. The SMILES string of the molecule is CCN(CCCl)C(=O)c1sccc1Cl. The van der Waals surface area contributed by atoms with Crippen molar-refractivity contribution >= 4 is 40.4 Å². The summed E-state index contributed by atoms with van der Waals surface area (Å²) in [5, 5.41) is 2.33. The predicted octanol–water partition coefficient (Wildman–Crippen LogP) is 3.10. The lowest BCUT2D eigenvalue weighted by Gasteiger charge is -2.18. The van der Waals surface area contributed by atoms with E-state index in [0.29, 0.717) is 28.9 Å². The zero-order chi connectivity index (χ0) is 10.6. The Morgan fingerprint density at radius 1 is 1.64 bits per heavy atom. The zero-order valence-electron chi connectivity index (χ0n) is 7.80. The molecule has 0 bridgehead atoms. The maximum Gasteiger partial charge on any atom is 0.265 e. The van der Waals surface area contributed by atoms with Gasteiger partial charge in [0.15, 0.2) is 0 Å². The first-order chi connectivity index (χ1) is 6.70. The highest BCUT2D eigenvalue weighted by atomic mass is 35.5. The maximum absolute atomic E-state index is 11.8. The molecule has 0 radical (unpaired) electrons. The molecule has 1 heterocycles. The zero-order valence-corrected chi connectivity index (χ0v) is 10.1. The number of alkyl halides is 1. The lowest BCUT2D eigenvalue weighted by atomic mass is 10.4. The molecule has 0 aliphatic heterocycles. The summed E-state index contributed by atoms with van der Waals surface area (Å²) in [5.41, 5.74) is 0. The topological polar surface area (TPSA) is 20.3 Å². The molecule has 0 atom stereocenters. The van der Waals surface area contributed by atoms with E-state index in [9.17, 15) is 4.79 Å². The van der Waals surface area contributed by atoms with Crippen molar-refractivity contribution in [2.75, 3.05) is 19.0 Å². The maximum atomic E-state index is 11.8. The van der Waals surface area contributed by atoms with Gasteiger partial charge in [-0.1, -0.05) is 11.6 Å². The van der Waals surface area contributed by atoms with Crippen LogP contribution in [0.25, 0.3) is 0 Å². The number of carbonyl (C=O) groups is 1. The number of carbonyl (C=O) groups excluding carboxylic acids is 1. The summed E-state index contributed by atoms with van der Waals surface area (Å²) in [4.78, 5) is 14.1. The van der Waals surface area contributed by atoms with Crippen LogP contribution in [0, 0.1) is 0 Å². The smallest absolute Gasteiger partial charge is 0.265 e. The van der Waals surface area contributed by atoms with Crippen LogP contribution >= 0.6 is 34.5 Å². The molecule has 0 aliphatic rings. The fraction of sp³-hybridized carbons (Fsp3) is 0.444. The van der Waals surface area contributed by atoms with Crippen LogP contribution in [0.4, 0.5) is 0 Å².